The zero-order valence-electron chi connectivity index (χ0n) is 19.4. The number of rotatable bonds is 9. The van der Waals surface area contributed by atoms with E-state index in [9.17, 15) is 28.6 Å². The summed E-state index contributed by atoms with van der Waals surface area (Å²) in [6.45, 7) is -0.446. The van der Waals surface area contributed by atoms with Crippen LogP contribution >= 0.6 is 0 Å². The third-order valence-corrected chi connectivity index (χ3v) is 7.34. The van der Waals surface area contributed by atoms with Crippen molar-refractivity contribution in [2.45, 2.75) is 56.3 Å². The first-order valence-electron chi connectivity index (χ1n) is 11.9. The number of primary amides is 1. The maximum Gasteiger partial charge on any atom is 0.254 e. The number of amides is 2. The molecule has 2 aromatic rings. The van der Waals surface area contributed by atoms with Crippen molar-refractivity contribution >= 4 is 11.8 Å². The van der Waals surface area contributed by atoms with Gasteiger partial charge in [0.2, 0.25) is 5.91 Å². The number of fused-ring (bicyclic) bond motifs is 2. The molecule has 4 rings (SSSR count). The van der Waals surface area contributed by atoms with Crippen LogP contribution in [0.3, 0.4) is 0 Å². The Balaban J connectivity index is 1.45. The topological polar surface area (TPSA) is 107 Å². The van der Waals surface area contributed by atoms with Crippen LogP contribution in [0.1, 0.15) is 53.1 Å². The molecule has 2 bridgehead atoms. The van der Waals surface area contributed by atoms with E-state index in [0.717, 1.165) is 43.4 Å². The minimum absolute atomic E-state index is 0.165. The van der Waals surface area contributed by atoms with Gasteiger partial charge in [-0.25, -0.2) is 8.78 Å². The van der Waals surface area contributed by atoms with Crippen molar-refractivity contribution in [1.82, 2.24) is 9.80 Å². The van der Waals surface area contributed by atoms with Crippen molar-refractivity contribution in [2.24, 2.45) is 5.73 Å². The Hall–Kier alpha value is -2.88. The van der Waals surface area contributed by atoms with E-state index in [1.807, 2.05) is 18.2 Å². The summed E-state index contributed by atoms with van der Waals surface area (Å²) in [5.74, 6) is -2.45. The number of aliphatic hydroxyl groups is 2. The van der Waals surface area contributed by atoms with E-state index in [4.69, 9.17) is 5.73 Å². The molecule has 0 spiro atoms. The molecule has 2 aliphatic rings. The number of halogens is 2. The maximum absolute atomic E-state index is 14.2. The van der Waals surface area contributed by atoms with E-state index >= 15 is 0 Å². The second-order valence-electron chi connectivity index (χ2n) is 9.44. The van der Waals surface area contributed by atoms with Gasteiger partial charge in [0.25, 0.3) is 5.91 Å². The van der Waals surface area contributed by atoms with E-state index < -0.39 is 36.2 Å². The Labute approximate surface area is 203 Å². The highest BCUT2D eigenvalue weighted by Crippen LogP contribution is 2.43. The molecule has 9 heteroatoms. The molecule has 2 amide bonds. The molecule has 0 unspecified atom stereocenters. The summed E-state index contributed by atoms with van der Waals surface area (Å²) in [7, 11) is 0. The first-order chi connectivity index (χ1) is 16.8. The number of carbonyl (C=O) groups excluding carboxylic acids is 2. The molecule has 0 aromatic heterocycles. The summed E-state index contributed by atoms with van der Waals surface area (Å²) in [6, 6.07) is 11.5. The zero-order valence-corrected chi connectivity index (χ0v) is 19.4. The third kappa shape index (κ3) is 5.52. The van der Waals surface area contributed by atoms with Crippen molar-refractivity contribution in [3.05, 3.63) is 70.8 Å². The van der Waals surface area contributed by atoms with E-state index in [-0.39, 0.29) is 30.7 Å². The molecule has 0 saturated carbocycles. The number of piperidine rings is 1. The maximum atomic E-state index is 14.2. The smallest absolute Gasteiger partial charge is 0.254 e. The van der Waals surface area contributed by atoms with Crippen molar-refractivity contribution in [1.29, 1.82) is 0 Å². The molecule has 2 aliphatic heterocycles. The molecular weight excluding hydrogens is 456 g/mol. The first kappa shape index (κ1) is 25.2. The lowest BCUT2D eigenvalue weighted by atomic mass is 9.84. The normalized spacial score (nSPS) is 22.7. The Bertz CT molecular complexity index is 1050. The molecule has 4 N–H and O–H groups in total. The second-order valence-corrected chi connectivity index (χ2v) is 9.44. The Morgan fingerprint density at radius 3 is 2.31 bits per heavy atom. The first-order valence-corrected chi connectivity index (χ1v) is 11.9. The summed E-state index contributed by atoms with van der Waals surface area (Å²) in [6.07, 6.45) is 2.16. The largest absolute Gasteiger partial charge is 0.393 e. The quantitative estimate of drug-likeness (QED) is 0.503. The molecule has 4 atom stereocenters. The average molecular weight is 488 g/mol. The number of hydrogen-bond acceptors (Lipinski definition) is 5. The molecule has 0 radical (unpaired) electrons. The molecular formula is C26H31F2N3O4. The zero-order chi connectivity index (χ0) is 25.1. The summed E-state index contributed by atoms with van der Waals surface area (Å²) < 4.78 is 28.5. The number of aliphatic hydroxyl groups excluding tert-OH is 2. The van der Waals surface area contributed by atoms with Gasteiger partial charge in [0, 0.05) is 36.3 Å². The molecule has 2 aromatic carbocycles. The minimum Gasteiger partial charge on any atom is -0.393 e. The minimum atomic E-state index is -1.65. The van der Waals surface area contributed by atoms with E-state index in [1.165, 1.54) is 11.0 Å². The van der Waals surface area contributed by atoms with Gasteiger partial charge in [0.05, 0.1) is 13.2 Å². The summed E-state index contributed by atoms with van der Waals surface area (Å²) in [4.78, 5) is 27.8. The molecule has 2 saturated heterocycles. The number of nitrogens with zero attached hydrogens (tertiary/aromatic N) is 2. The summed E-state index contributed by atoms with van der Waals surface area (Å²) in [5.41, 5.74) is 6.78. The molecule has 7 nitrogen and oxygen atoms in total. The van der Waals surface area contributed by atoms with E-state index in [2.05, 4.69) is 4.90 Å². The fraction of sp³-hybridized carbons (Fsp3) is 0.462. The van der Waals surface area contributed by atoms with Gasteiger partial charge >= 0.3 is 0 Å². The SMILES string of the molecule is NC(=O)c1cccc([C@H]2C[C@H]3CC[C@@H](C2)N3CCN(Cc2c(F)cccc2F)C(=O)[C@@H](O)CO)c1. The van der Waals surface area contributed by atoms with Crippen molar-refractivity contribution < 1.29 is 28.6 Å². The van der Waals surface area contributed by atoms with Gasteiger partial charge in [0.1, 0.15) is 11.6 Å². The van der Waals surface area contributed by atoms with Crippen LogP contribution in [0.5, 0.6) is 0 Å². The van der Waals surface area contributed by atoms with Crippen LogP contribution in [0.15, 0.2) is 42.5 Å². The lowest BCUT2D eigenvalue weighted by Crippen LogP contribution is -2.48. The van der Waals surface area contributed by atoms with Crippen LogP contribution in [-0.2, 0) is 11.3 Å². The Morgan fingerprint density at radius 1 is 1.09 bits per heavy atom. The van der Waals surface area contributed by atoms with Gasteiger partial charge in [-0.15, -0.1) is 0 Å². The fourth-order valence-corrected chi connectivity index (χ4v) is 5.52. The van der Waals surface area contributed by atoms with Crippen molar-refractivity contribution in [2.75, 3.05) is 19.7 Å². The fourth-order valence-electron chi connectivity index (χ4n) is 5.52. The monoisotopic (exact) mass is 487 g/mol. The number of carbonyl (C=O) groups is 2. The number of nitrogens with two attached hydrogens (primary N) is 1. The second kappa shape index (κ2) is 10.8. The van der Waals surface area contributed by atoms with Gasteiger partial charge in [-0.05, 0) is 61.4 Å². The van der Waals surface area contributed by atoms with Crippen LogP contribution in [0.2, 0.25) is 0 Å². The lowest BCUT2D eigenvalue weighted by molar-refractivity contribution is -0.143. The van der Waals surface area contributed by atoms with Gasteiger partial charge < -0.3 is 20.8 Å². The molecule has 35 heavy (non-hydrogen) atoms. The highest BCUT2D eigenvalue weighted by atomic mass is 19.1. The Kier molecular flexibility index (Phi) is 7.78. The third-order valence-electron chi connectivity index (χ3n) is 7.34. The van der Waals surface area contributed by atoms with Crippen LogP contribution < -0.4 is 5.73 Å². The molecule has 0 aliphatic carbocycles. The molecule has 188 valence electrons. The van der Waals surface area contributed by atoms with Crippen LogP contribution in [-0.4, -0.2) is 69.7 Å². The van der Waals surface area contributed by atoms with Gasteiger partial charge in [0.15, 0.2) is 6.10 Å². The summed E-state index contributed by atoms with van der Waals surface area (Å²) in [5, 5.41) is 19.2. The van der Waals surface area contributed by atoms with Crippen LogP contribution in [0.4, 0.5) is 8.78 Å². The lowest BCUT2D eigenvalue weighted by Gasteiger charge is -2.40. The number of benzene rings is 2. The molecule has 2 fully saturated rings. The predicted octanol–water partition coefficient (Wildman–Crippen LogP) is 2.16. The number of hydrogen-bond donors (Lipinski definition) is 3. The highest BCUT2D eigenvalue weighted by molar-refractivity contribution is 5.92. The van der Waals surface area contributed by atoms with Crippen molar-refractivity contribution in [3.8, 4) is 0 Å². The van der Waals surface area contributed by atoms with Gasteiger partial charge in [-0.1, -0.05) is 18.2 Å². The predicted molar refractivity (Wildman–Crippen MR) is 125 cm³/mol. The van der Waals surface area contributed by atoms with Crippen LogP contribution in [0, 0.1) is 11.6 Å². The van der Waals surface area contributed by atoms with Crippen LogP contribution in [0.25, 0.3) is 0 Å². The van der Waals surface area contributed by atoms with Gasteiger partial charge in [-0.3, -0.25) is 14.5 Å². The summed E-state index contributed by atoms with van der Waals surface area (Å²) >= 11 is 0. The molecule has 2 heterocycles. The standard InChI is InChI=1S/C26H31F2N3O4/c27-22-5-2-6-23(28)21(22)14-30(26(35)24(33)15-32)9-10-31-19-7-8-20(31)13-18(12-19)16-3-1-4-17(11-16)25(29)34/h1-6,11,18-20,24,32-33H,7-10,12-15H2,(H2,29,34)/t18-,19+,20-,24-/m0/s1. The average Bonchev–Trinajstić information content (AvgIpc) is 3.08. The van der Waals surface area contributed by atoms with E-state index in [0.29, 0.717) is 18.0 Å². The van der Waals surface area contributed by atoms with Crippen molar-refractivity contribution in [3.63, 3.8) is 0 Å². The van der Waals surface area contributed by atoms with E-state index in [1.54, 1.807) is 6.07 Å². The van der Waals surface area contributed by atoms with Gasteiger partial charge in [-0.2, -0.15) is 0 Å². The Morgan fingerprint density at radius 2 is 1.71 bits per heavy atom. The highest BCUT2D eigenvalue weighted by Gasteiger charge is 2.41.